The van der Waals surface area contributed by atoms with Gasteiger partial charge in [0, 0.05) is 55.6 Å². The van der Waals surface area contributed by atoms with Crippen LogP contribution < -0.4 is 24.3 Å². The number of methoxy groups -OCH3 is 2. The van der Waals surface area contributed by atoms with Crippen LogP contribution in [-0.4, -0.2) is 82.1 Å². The fraction of sp³-hybridized carbons (Fsp3) is 0.519. The highest BCUT2D eigenvalue weighted by atomic mass is 33.1. The van der Waals surface area contributed by atoms with E-state index in [1.54, 1.807) is 12.1 Å². The zero-order valence-electron chi connectivity index (χ0n) is 21.4. The second-order valence-electron chi connectivity index (χ2n) is 9.84. The van der Waals surface area contributed by atoms with E-state index < -0.39 is 0 Å². The number of cyclic esters (lactones) is 1. The van der Waals surface area contributed by atoms with Gasteiger partial charge in [0.25, 0.3) is 0 Å². The number of fused-ring (bicyclic) bond motifs is 3. The molecule has 9 nitrogen and oxygen atoms in total. The van der Waals surface area contributed by atoms with Gasteiger partial charge in [0.15, 0.2) is 23.0 Å². The molecule has 4 aliphatic rings. The van der Waals surface area contributed by atoms with Gasteiger partial charge in [0.1, 0.15) is 0 Å². The highest BCUT2D eigenvalue weighted by molar-refractivity contribution is 8.76. The van der Waals surface area contributed by atoms with Gasteiger partial charge >= 0.3 is 5.97 Å². The van der Waals surface area contributed by atoms with Crippen molar-refractivity contribution in [3.63, 3.8) is 0 Å². The number of carbonyl (C=O) groups is 1. The summed E-state index contributed by atoms with van der Waals surface area (Å²) in [5.41, 5.74) is 2.95. The Labute approximate surface area is 229 Å². The number of aromatic hydroxyl groups is 1. The first-order chi connectivity index (χ1) is 18.6. The second kappa shape index (κ2) is 11.0. The molecule has 2 N–H and O–H groups in total. The van der Waals surface area contributed by atoms with Crippen molar-refractivity contribution in [2.45, 2.75) is 11.2 Å². The molecule has 0 amide bonds. The van der Waals surface area contributed by atoms with Gasteiger partial charge in [-0.05, 0) is 41.0 Å². The zero-order chi connectivity index (χ0) is 26.2. The monoisotopic (exact) mass is 560 g/mol. The van der Waals surface area contributed by atoms with Crippen molar-refractivity contribution in [3.8, 4) is 28.7 Å². The lowest BCUT2D eigenvalue weighted by Gasteiger charge is -2.38. The number of benzene rings is 2. The third-order valence-electron chi connectivity index (χ3n) is 7.85. The molecule has 2 aromatic carbocycles. The molecule has 2 saturated heterocycles. The number of nitrogens with one attached hydrogen (secondary N) is 1. The Balaban J connectivity index is 1.37. The number of piperazine rings is 1. The van der Waals surface area contributed by atoms with Crippen molar-refractivity contribution in [2.24, 2.45) is 11.8 Å². The molecule has 3 aliphatic heterocycles. The van der Waals surface area contributed by atoms with E-state index in [0.29, 0.717) is 23.9 Å². The summed E-state index contributed by atoms with van der Waals surface area (Å²) >= 11 is 0. The third-order valence-corrected chi connectivity index (χ3v) is 10.7. The highest BCUT2D eigenvalue weighted by Crippen LogP contribution is 2.60. The van der Waals surface area contributed by atoms with E-state index in [1.165, 1.54) is 14.2 Å². The highest BCUT2D eigenvalue weighted by Gasteiger charge is 2.53. The maximum atomic E-state index is 13.3. The summed E-state index contributed by atoms with van der Waals surface area (Å²) in [6, 6.07) is 7.66. The number of hydrogen-bond acceptors (Lipinski definition) is 11. The van der Waals surface area contributed by atoms with Gasteiger partial charge in [-0.15, -0.1) is 0 Å². The average Bonchev–Trinajstić information content (AvgIpc) is 3.56. The summed E-state index contributed by atoms with van der Waals surface area (Å²) in [7, 11) is 6.68. The summed E-state index contributed by atoms with van der Waals surface area (Å²) in [6.07, 6.45) is 0. The molecule has 2 fully saturated rings. The predicted octanol–water partition coefficient (Wildman–Crippen LogP) is 3.40. The molecule has 0 bridgehead atoms. The fourth-order valence-electron chi connectivity index (χ4n) is 5.95. The lowest BCUT2D eigenvalue weighted by Crippen LogP contribution is -2.44. The molecule has 0 radical (unpaired) electrons. The molecule has 11 heteroatoms. The van der Waals surface area contributed by atoms with Crippen LogP contribution in [0.25, 0.3) is 0 Å². The van der Waals surface area contributed by atoms with Gasteiger partial charge in [-0.25, -0.2) is 0 Å². The molecule has 0 saturated carbocycles. The second-order valence-corrected chi connectivity index (χ2v) is 12.5. The number of carbonyl (C=O) groups excluding carboxylic acids is 1. The van der Waals surface area contributed by atoms with Crippen molar-refractivity contribution in [3.05, 3.63) is 41.0 Å². The Kier molecular flexibility index (Phi) is 7.43. The van der Waals surface area contributed by atoms with Crippen molar-refractivity contribution in [2.75, 3.05) is 66.1 Å². The third kappa shape index (κ3) is 4.63. The molecule has 2 aromatic rings. The standard InChI is InChI=1S/C27H32N2O7S2/c1-32-21-9-15(10-22(33-2)25(21)30)23-16-11-19-20(36-14-35-19)12-17(16)26(18-13-34-27(31)24(18)23)38-37-8-7-29-5-3-28-4-6-29/h9-12,18,23-24,26,28,30H,3-8,13-14H2,1-2H3/t18-,23+,24-,26+/m0/s1. The van der Waals surface area contributed by atoms with Crippen LogP contribution in [0, 0.1) is 11.8 Å². The lowest BCUT2D eigenvalue weighted by atomic mass is 9.67. The molecule has 204 valence electrons. The molecular formula is C27H32N2O7S2. The molecule has 4 atom stereocenters. The van der Waals surface area contributed by atoms with Gasteiger partial charge in [-0.3, -0.25) is 9.69 Å². The fourth-order valence-corrected chi connectivity index (χ4v) is 8.92. The Morgan fingerprint density at radius 2 is 1.71 bits per heavy atom. The van der Waals surface area contributed by atoms with Crippen molar-refractivity contribution >= 4 is 27.6 Å². The number of esters is 1. The molecule has 0 unspecified atom stereocenters. The van der Waals surface area contributed by atoms with Gasteiger partial charge in [0.05, 0.1) is 26.7 Å². The number of nitrogens with zero attached hydrogens (tertiary/aromatic N) is 1. The summed E-state index contributed by atoms with van der Waals surface area (Å²) in [5.74, 6) is 2.01. The SMILES string of the molecule is COc1cc([C@@H]2c3cc4c(cc3[C@@H](SSCCN3CCNCC3)[C@H]3COC(=O)[C@H]23)OCO4)cc(OC)c1O. The summed E-state index contributed by atoms with van der Waals surface area (Å²) in [5, 5.41) is 14.0. The maximum absolute atomic E-state index is 13.3. The quantitative estimate of drug-likeness (QED) is 0.282. The Morgan fingerprint density at radius 1 is 1.03 bits per heavy atom. The summed E-state index contributed by atoms with van der Waals surface area (Å²) < 4.78 is 28.1. The van der Waals surface area contributed by atoms with Crippen LogP contribution in [0.3, 0.4) is 0 Å². The number of phenols is 1. The normalized spacial score (nSPS) is 26.0. The number of ether oxygens (including phenoxy) is 5. The van der Waals surface area contributed by atoms with Crippen LogP contribution in [-0.2, 0) is 9.53 Å². The molecule has 6 rings (SSSR count). The summed E-state index contributed by atoms with van der Waals surface area (Å²) in [4.78, 5) is 15.8. The Morgan fingerprint density at radius 3 is 2.39 bits per heavy atom. The van der Waals surface area contributed by atoms with Crippen LogP contribution in [0.2, 0.25) is 0 Å². The molecule has 0 aromatic heterocycles. The maximum Gasteiger partial charge on any atom is 0.310 e. The van der Waals surface area contributed by atoms with E-state index in [9.17, 15) is 9.90 Å². The van der Waals surface area contributed by atoms with Crippen LogP contribution >= 0.6 is 21.6 Å². The van der Waals surface area contributed by atoms with Gasteiger partial charge in [-0.1, -0.05) is 21.6 Å². The van der Waals surface area contributed by atoms with Crippen LogP contribution in [0.5, 0.6) is 28.7 Å². The van der Waals surface area contributed by atoms with Gasteiger partial charge in [-0.2, -0.15) is 0 Å². The predicted molar refractivity (Wildman–Crippen MR) is 146 cm³/mol. The van der Waals surface area contributed by atoms with Gasteiger partial charge < -0.3 is 34.1 Å². The first-order valence-corrected chi connectivity index (χ1v) is 15.2. The first kappa shape index (κ1) is 25.8. The topological polar surface area (TPSA) is 98.7 Å². The van der Waals surface area contributed by atoms with E-state index in [-0.39, 0.29) is 41.5 Å². The minimum absolute atomic E-state index is 0.0112. The van der Waals surface area contributed by atoms with E-state index in [1.807, 2.05) is 27.7 Å². The van der Waals surface area contributed by atoms with Crippen molar-refractivity contribution < 1.29 is 33.6 Å². The molecule has 1 aliphatic carbocycles. The molecule has 3 heterocycles. The number of hydrogen-bond donors (Lipinski definition) is 2. The Hall–Kier alpha value is -2.47. The minimum atomic E-state index is -0.381. The average molecular weight is 561 g/mol. The van der Waals surface area contributed by atoms with Crippen LogP contribution in [0.4, 0.5) is 0 Å². The Bertz CT molecular complexity index is 1180. The molecule has 38 heavy (non-hydrogen) atoms. The van der Waals surface area contributed by atoms with E-state index in [4.69, 9.17) is 23.7 Å². The van der Waals surface area contributed by atoms with Crippen LogP contribution in [0.15, 0.2) is 24.3 Å². The first-order valence-electron chi connectivity index (χ1n) is 12.9. The molecular weight excluding hydrogens is 528 g/mol. The smallest absolute Gasteiger partial charge is 0.310 e. The molecule has 0 spiro atoms. The minimum Gasteiger partial charge on any atom is -0.502 e. The van der Waals surface area contributed by atoms with Crippen molar-refractivity contribution in [1.82, 2.24) is 10.2 Å². The van der Waals surface area contributed by atoms with E-state index in [2.05, 4.69) is 16.3 Å². The van der Waals surface area contributed by atoms with Crippen LogP contribution in [0.1, 0.15) is 27.9 Å². The lowest BCUT2D eigenvalue weighted by molar-refractivity contribution is -0.141. The van der Waals surface area contributed by atoms with E-state index >= 15 is 0 Å². The van der Waals surface area contributed by atoms with Gasteiger partial charge in [0.2, 0.25) is 12.5 Å². The number of phenolic OH excluding ortho intramolecular Hbond substituents is 1. The van der Waals surface area contributed by atoms with Crippen molar-refractivity contribution in [1.29, 1.82) is 0 Å². The van der Waals surface area contributed by atoms with E-state index in [0.717, 1.165) is 60.9 Å². The number of rotatable bonds is 8. The summed E-state index contributed by atoms with van der Waals surface area (Å²) in [6.45, 7) is 5.83. The largest absolute Gasteiger partial charge is 0.502 e. The zero-order valence-corrected chi connectivity index (χ0v) is 23.1.